The Morgan fingerprint density at radius 3 is 0.823 bits per heavy atom. The predicted molar refractivity (Wildman–Crippen MR) is 245 cm³/mol. The first-order valence-electron chi connectivity index (χ1n) is 19.0. The first-order valence-corrected chi connectivity index (χ1v) is 26.1. The van der Waals surface area contributed by atoms with Crippen LogP contribution in [-0.2, 0) is 40.2 Å². The molecule has 4 nitrogen and oxygen atoms in total. The molecule has 0 unspecified atom stereocenters. The Morgan fingerprint density at radius 2 is 0.581 bits per heavy atom. The zero-order valence-electron chi connectivity index (χ0n) is 32.9. The van der Waals surface area contributed by atoms with Gasteiger partial charge in [0.15, 0.2) is 0 Å². The van der Waals surface area contributed by atoms with Crippen molar-refractivity contribution in [2.75, 3.05) is 0 Å². The topological polar surface area (TPSA) is 52.6 Å². The average molecular weight is 1070 g/mol. The maximum Gasteiger partial charge on any atom is 2.00 e. The summed E-state index contributed by atoms with van der Waals surface area (Å²) in [6.45, 7) is 0. The Hall–Kier alpha value is -2.23. The fourth-order valence-electron chi connectivity index (χ4n) is 6.71. The normalized spacial score (nSPS) is 16.9. The predicted octanol–water partition coefficient (Wildman–Crippen LogP) is 10.3. The number of hydrogen-bond acceptors (Lipinski definition) is 4. The second-order valence-electron chi connectivity index (χ2n) is 13.6. The van der Waals surface area contributed by atoms with Gasteiger partial charge in [-0.1, -0.05) is 0 Å². The molecular weight excluding hydrogens is 1030 g/mol. The van der Waals surface area contributed by atoms with E-state index in [1.807, 2.05) is 140 Å². The number of benzene rings is 5. The summed E-state index contributed by atoms with van der Waals surface area (Å²) >= 11 is 13.0. The van der Waals surface area contributed by atoms with E-state index in [2.05, 4.69) is 0 Å². The van der Waals surface area contributed by atoms with E-state index in [0.717, 1.165) is 23.0 Å². The Morgan fingerprint density at radius 1 is 0.339 bits per heavy atom. The van der Waals surface area contributed by atoms with Gasteiger partial charge in [0.25, 0.3) is 0 Å². The third-order valence-corrected chi connectivity index (χ3v) is 24.0. The molecule has 0 amide bonds. The third kappa shape index (κ3) is 12.2. The summed E-state index contributed by atoms with van der Waals surface area (Å²) in [5, 5.41) is 1.37. The molecule has 4 aliphatic carbocycles. The standard InChI is InChI=1S/2C12H9O2.3C6H4Cl.2C5H5.2Fe.Sb/c2*13-12(14)11-7-5-10(6-8-11)9-3-1-2-4-9;3*7-6-4-2-1-3-5-6;2*1-2-4-5-3-1;;;/h2*1-8H,(H,13,14);3*2-5H;2*1-5H;;;/q;;;;;;;3*+2/p-2. The molecule has 10 heteroatoms. The van der Waals surface area contributed by atoms with Crippen LogP contribution in [0.3, 0.4) is 0 Å². The van der Waals surface area contributed by atoms with Crippen molar-refractivity contribution in [2.24, 2.45) is 0 Å². The molecule has 0 N–H and O–H groups in total. The molecular formula is C52H38Cl3Fe2O4Sb+4. The van der Waals surface area contributed by atoms with Crippen LogP contribution in [0.15, 0.2) is 121 Å². The van der Waals surface area contributed by atoms with Crippen LogP contribution < -0.4 is 10.5 Å². The molecule has 4 fully saturated rings. The van der Waals surface area contributed by atoms with Gasteiger partial charge in [0.05, 0.1) is 0 Å². The number of carbonyl (C=O) groups is 2. The van der Waals surface area contributed by atoms with E-state index in [0.29, 0.717) is 25.6 Å². The molecule has 0 aromatic heterocycles. The maximum atomic E-state index is 14.6. The molecule has 0 spiro atoms. The van der Waals surface area contributed by atoms with Gasteiger partial charge in [0.2, 0.25) is 0 Å². The van der Waals surface area contributed by atoms with Gasteiger partial charge in [-0.15, -0.1) is 0 Å². The van der Waals surface area contributed by atoms with Crippen LogP contribution in [0.2, 0.25) is 15.1 Å². The van der Waals surface area contributed by atoms with Gasteiger partial charge in [-0.25, -0.2) is 0 Å². The van der Waals surface area contributed by atoms with Gasteiger partial charge in [-0.3, -0.25) is 0 Å². The second kappa shape index (κ2) is 24.3. The zero-order chi connectivity index (χ0) is 41.8. The largest absolute Gasteiger partial charge is 2.00 e. The number of carbonyl (C=O) groups excluding carboxylic acids is 2. The molecule has 0 aliphatic heterocycles. The molecule has 4 saturated carbocycles. The fraction of sp³-hybridized carbons (Fsp3) is 0. The van der Waals surface area contributed by atoms with Crippen molar-refractivity contribution in [3.05, 3.63) is 286 Å². The van der Waals surface area contributed by atoms with Crippen molar-refractivity contribution in [2.45, 2.75) is 0 Å². The van der Waals surface area contributed by atoms with Crippen LogP contribution in [0.25, 0.3) is 0 Å². The Kier molecular flexibility index (Phi) is 19.9. The van der Waals surface area contributed by atoms with Gasteiger partial charge >= 0.3 is 347 Å². The van der Waals surface area contributed by atoms with Crippen molar-refractivity contribution in [1.82, 2.24) is 0 Å². The number of hydrogen-bond donors (Lipinski definition) is 0. The minimum atomic E-state index is -6.34. The molecule has 20 radical (unpaired) electrons. The number of halogens is 3. The molecule has 0 heterocycles. The molecule has 308 valence electrons. The second-order valence-corrected chi connectivity index (χ2v) is 25.8. The van der Waals surface area contributed by atoms with E-state index in [9.17, 15) is 9.59 Å². The van der Waals surface area contributed by atoms with Crippen molar-refractivity contribution < 1.29 is 49.8 Å². The monoisotopic (exact) mass is 1060 g/mol. The molecule has 0 bridgehead atoms. The van der Waals surface area contributed by atoms with Gasteiger partial charge in [-0.2, -0.15) is 0 Å². The summed E-state index contributed by atoms with van der Waals surface area (Å²) in [5.41, 5.74) is 2.45. The zero-order valence-corrected chi connectivity index (χ0v) is 39.9. The van der Waals surface area contributed by atoms with E-state index < -0.39 is 30.2 Å². The van der Waals surface area contributed by atoms with Crippen LogP contribution in [0.1, 0.15) is 31.8 Å². The Balaban J connectivity index is 0.000000533. The van der Waals surface area contributed by atoms with E-state index in [1.54, 1.807) is 97.1 Å². The minimum absolute atomic E-state index is 0. The van der Waals surface area contributed by atoms with Gasteiger partial charge in [0.1, 0.15) is 0 Å². The summed E-state index contributed by atoms with van der Waals surface area (Å²) in [6.07, 6.45) is 35.8. The summed E-state index contributed by atoms with van der Waals surface area (Å²) in [4.78, 5) is 29.3. The van der Waals surface area contributed by atoms with E-state index in [1.165, 1.54) is 0 Å². The minimum Gasteiger partial charge on any atom is -0.0312 e. The smallest absolute Gasteiger partial charge is 0.0312 e. The van der Waals surface area contributed by atoms with Gasteiger partial charge < -0.3 is 0 Å². The maximum absolute atomic E-state index is 14.6. The van der Waals surface area contributed by atoms with Gasteiger partial charge in [0, 0.05) is 0 Å². The first-order chi connectivity index (χ1) is 29.2. The molecule has 5 aromatic carbocycles. The summed E-state index contributed by atoms with van der Waals surface area (Å²) in [7, 11) is 0. The van der Waals surface area contributed by atoms with Crippen LogP contribution in [0.5, 0.6) is 0 Å². The van der Waals surface area contributed by atoms with E-state index in [-0.39, 0.29) is 45.3 Å². The third-order valence-electron chi connectivity index (χ3n) is 9.75. The Labute approximate surface area is 407 Å². The molecule has 0 atom stereocenters. The SMILES string of the molecule is O=C([O][Sb]([O]C(=O)c1ccc([C]2[CH][CH][CH][CH]2)cc1)([c]1ccc(Cl)cc1)([c]1ccc(Cl)cc1)[c]1ccc(Cl)cc1)c1ccc([C]2[CH][CH][CH][CH]2)cc1.[CH]1[CH][CH][CH][CH]1.[CH]1[CH][CH][CH][CH]1.[Fe+2].[Fe+2]. The summed E-state index contributed by atoms with van der Waals surface area (Å²) in [5.74, 6) is 0.715. The van der Waals surface area contributed by atoms with Crippen LogP contribution >= 0.6 is 34.8 Å². The van der Waals surface area contributed by atoms with Crippen molar-refractivity contribution in [3.8, 4) is 0 Å². The average Bonchev–Trinajstić information content (AvgIpc) is 4.14. The molecule has 5 aromatic rings. The van der Waals surface area contributed by atoms with Crippen LogP contribution in [-0.4, -0.2) is 30.2 Å². The van der Waals surface area contributed by atoms with Crippen molar-refractivity contribution in [1.29, 1.82) is 0 Å². The quantitative estimate of drug-likeness (QED) is 0.138. The van der Waals surface area contributed by atoms with Crippen molar-refractivity contribution >= 4 is 75.5 Å². The van der Waals surface area contributed by atoms with Crippen LogP contribution in [0.4, 0.5) is 0 Å². The van der Waals surface area contributed by atoms with Crippen molar-refractivity contribution in [3.63, 3.8) is 0 Å². The molecule has 4 aliphatic rings. The summed E-state index contributed by atoms with van der Waals surface area (Å²) < 4.78 is 15.5. The van der Waals surface area contributed by atoms with Crippen LogP contribution in [0, 0.1) is 127 Å². The molecule has 9 rings (SSSR count). The van der Waals surface area contributed by atoms with E-state index >= 15 is 0 Å². The summed E-state index contributed by atoms with van der Waals surface area (Å²) in [6, 6.07) is 35.0. The van der Waals surface area contributed by atoms with Gasteiger partial charge in [-0.05, 0) is 64.2 Å². The first kappa shape index (κ1) is 50.8. The van der Waals surface area contributed by atoms with E-state index in [4.69, 9.17) is 40.8 Å². The Bertz CT molecular complexity index is 1930. The fourth-order valence-corrected chi connectivity index (χ4v) is 19.9. The number of rotatable bonds is 9. The molecule has 0 saturated heterocycles. The molecule has 62 heavy (non-hydrogen) atoms.